The fraction of sp³-hybridized carbons (Fsp3) is 0.375. The molecule has 0 radical (unpaired) electrons. The molecule has 0 saturated heterocycles. The summed E-state index contributed by atoms with van der Waals surface area (Å²) >= 11 is 0. The van der Waals surface area contributed by atoms with Crippen molar-refractivity contribution in [2.45, 2.75) is 18.6 Å². The third-order valence-corrected chi connectivity index (χ3v) is 2.03. The van der Waals surface area contributed by atoms with Crippen LogP contribution in [0.2, 0.25) is 0 Å². The molecule has 0 aliphatic carbocycles. The molecule has 0 aliphatic heterocycles. The lowest BCUT2D eigenvalue weighted by Crippen LogP contribution is -2.61. The summed E-state index contributed by atoms with van der Waals surface area (Å²) in [5, 5.41) is 13.0. The van der Waals surface area contributed by atoms with Gasteiger partial charge in [0.2, 0.25) is 5.54 Å². The van der Waals surface area contributed by atoms with Gasteiger partial charge in [-0.2, -0.15) is 13.2 Å². The quantitative estimate of drug-likeness (QED) is 0.830. The molecule has 1 heterocycles. The first-order valence-electron chi connectivity index (χ1n) is 4.21. The average Bonchev–Trinajstić information content (AvgIpc) is 2.67. The van der Waals surface area contributed by atoms with Gasteiger partial charge in [-0.25, -0.2) is 4.79 Å². The summed E-state index contributed by atoms with van der Waals surface area (Å²) in [6.45, 7) is 0.341. The highest BCUT2D eigenvalue weighted by Gasteiger charge is 2.58. The van der Waals surface area contributed by atoms with Crippen molar-refractivity contribution in [3.05, 3.63) is 18.0 Å². The van der Waals surface area contributed by atoms with E-state index in [0.717, 1.165) is 12.3 Å². The molecule has 94 valence electrons. The zero-order valence-corrected chi connectivity index (χ0v) is 8.41. The molecule has 1 amide bonds. The fourth-order valence-corrected chi connectivity index (χ4v) is 0.866. The molecule has 2 N–H and O–H groups in total. The van der Waals surface area contributed by atoms with Gasteiger partial charge in [0, 0.05) is 6.07 Å². The second kappa shape index (κ2) is 4.07. The first-order valence-corrected chi connectivity index (χ1v) is 4.21. The Kier molecular flexibility index (Phi) is 3.12. The number of carbonyl (C=O) groups excluding carboxylic acids is 1. The van der Waals surface area contributed by atoms with Crippen molar-refractivity contribution >= 4 is 11.9 Å². The Hall–Kier alpha value is -2.06. The van der Waals surface area contributed by atoms with Gasteiger partial charge in [-0.3, -0.25) is 4.79 Å². The van der Waals surface area contributed by atoms with Crippen LogP contribution in [0.15, 0.2) is 16.9 Å². The van der Waals surface area contributed by atoms with Gasteiger partial charge in [0.05, 0.1) is 0 Å². The third kappa shape index (κ3) is 2.37. The maximum atomic E-state index is 12.5. The molecule has 0 fully saturated rings. The molecule has 0 aliphatic rings. The first-order chi connectivity index (χ1) is 7.68. The molecule has 1 unspecified atom stereocenters. The van der Waals surface area contributed by atoms with Crippen molar-refractivity contribution in [1.29, 1.82) is 0 Å². The van der Waals surface area contributed by atoms with E-state index in [2.05, 4.69) is 9.68 Å². The SMILES string of the molecule is CC(NC(=O)c1ccon1)(C(=O)O)C(F)(F)F. The predicted molar refractivity (Wildman–Crippen MR) is 46.1 cm³/mol. The Labute approximate surface area is 92.4 Å². The number of aliphatic carboxylic acids is 1. The molecule has 0 saturated carbocycles. The minimum absolute atomic E-state index is 0.341. The Bertz CT molecular complexity index is 428. The number of nitrogens with zero attached hydrogens (tertiary/aromatic N) is 1. The predicted octanol–water partition coefficient (Wildman–Crippen LogP) is 0.810. The van der Waals surface area contributed by atoms with E-state index in [0.29, 0.717) is 6.92 Å². The highest BCUT2D eigenvalue weighted by molar-refractivity contribution is 5.96. The minimum atomic E-state index is -5.14. The molecule has 1 aromatic rings. The van der Waals surface area contributed by atoms with Gasteiger partial charge in [-0.05, 0) is 6.92 Å². The lowest BCUT2D eigenvalue weighted by Gasteiger charge is -2.27. The van der Waals surface area contributed by atoms with Crippen LogP contribution in [-0.4, -0.2) is 33.9 Å². The summed E-state index contributed by atoms with van der Waals surface area (Å²) in [5.41, 5.74) is -3.83. The van der Waals surface area contributed by atoms with Crippen LogP contribution in [0.5, 0.6) is 0 Å². The highest BCUT2D eigenvalue weighted by atomic mass is 19.4. The van der Waals surface area contributed by atoms with Crippen LogP contribution < -0.4 is 5.32 Å². The van der Waals surface area contributed by atoms with E-state index >= 15 is 0 Å². The molecule has 9 heteroatoms. The minimum Gasteiger partial charge on any atom is -0.479 e. The van der Waals surface area contributed by atoms with Gasteiger partial charge in [0.1, 0.15) is 6.26 Å². The Morgan fingerprint density at radius 1 is 1.47 bits per heavy atom. The molecule has 17 heavy (non-hydrogen) atoms. The van der Waals surface area contributed by atoms with Crippen molar-refractivity contribution < 1.29 is 32.4 Å². The first kappa shape index (κ1) is 13.0. The molecule has 0 aromatic carbocycles. The number of rotatable bonds is 3. The highest BCUT2D eigenvalue weighted by Crippen LogP contribution is 2.30. The number of hydrogen-bond donors (Lipinski definition) is 2. The second-order valence-electron chi connectivity index (χ2n) is 3.27. The molecule has 1 atom stereocenters. The lowest BCUT2D eigenvalue weighted by atomic mass is 10.0. The number of nitrogens with one attached hydrogen (secondary N) is 1. The zero-order chi connectivity index (χ0) is 13.3. The fourth-order valence-electron chi connectivity index (χ4n) is 0.866. The summed E-state index contributed by atoms with van der Waals surface area (Å²) in [6, 6.07) is 1.01. The van der Waals surface area contributed by atoms with Crippen LogP contribution in [-0.2, 0) is 4.79 Å². The van der Waals surface area contributed by atoms with Gasteiger partial charge in [0.15, 0.2) is 5.69 Å². The average molecular weight is 252 g/mol. The normalized spacial score (nSPS) is 15.1. The summed E-state index contributed by atoms with van der Waals surface area (Å²) in [4.78, 5) is 21.9. The number of carbonyl (C=O) groups is 2. The van der Waals surface area contributed by atoms with Crippen molar-refractivity contribution in [3.63, 3.8) is 0 Å². The molecule has 1 rings (SSSR count). The number of carboxylic acid groups (broad SMARTS) is 1. The van der Waals surface area contributed by atoms with Gasteiger partial charge < -0.3 is 14.9 Å². The van der Waals surface area contributed by atoms with E-state index in [1.807, 2.05) is 0 Å². The topological polar surface area (TPSA) is 92.4 Å². The van der Waals surface area contributed by atoms with Crippen molar-refractivity contribution in [2.24, 2.45) is 0 Å². The van der Waals surface area contributed by atoms with Gasteiger partial charge in [-0.1, -0.05) is 5.16 Å². The molecular weight excluding hydrogens is 245 g/mol. The maximum absolute atomic E-state index is 12.5. The largest absolute Gasteiger partial charge is 0.479 e. The monoisotopic (exact) mass is 252 g/mol. The molecule has 0 bridgehead atoms. The molecule has 0 spiro atoms. The van der Waals surface area contributed by atoms with Gasteiger partial charge >= 0.3 is 12.1 Å². The van der Waals surface area contributed by atoms with E-state index in [-0.39, 0.29) is 0 Å². The second-order valence-corrected chi connectivity index (χ2v) is 3.27. The van der Waals surface area contributed by atoms with Crippen LogP contribution in [0.25, 0.3) is 0 Å². The zero-order valence-electron chi connectivity index (χ0n) is 8.41. The van der Waals surface area contributed by atoms with Crippen LogP contribution >= 0.6 is 0 Å². The molecule has 6 nitrogen and oxygen atoms in total. The van der Waals surface area contributed by atoms with Crippen molar-refractivity contribution in [3.8, 4) is 0 Å². The van der Waals surface area contributed by atoms with E-state index in [1.165, 1.54) is 5.32 Å². The summed E-state index contributed by atoms with van der Waals surface area (Å²) < 4.78 is 41.8. The number of alkyl halides is 3. The van der Waals surface area contributed by atoms with Crippen LogP contribution in [0.1, 0.15) is 17.4 Å². The van der Waals surface area contributed by atoms with Crippen molar-refractivity contribution in [1.82, 2.24) is 10.5 Å². The smallest absolute Gasteiger partial charge is 0.422 e. The summed E-state index contributed by atoms with van der Waals surface area (Å²) in [7, 11) is 0. The van der Waals surface area contributed by atoms with E-state index < -0.39 is 29.3 Å². The van der Waals surface area contributed by atoms with Gasteiger partial charge in [0.25, 0.3) is 5.91 Å². The van der Waals surface area contributed by atoms with E-state index in [1.54, 1.807) is 0 Å². The summed E-state index contributed by atoms with van der Waals surface area (Å²) in [5.74, 6) is -3.51. The number of amides is 1. The third-order valence-electron chi connectivity index (χ3n) is 2.03. The van der Waals surface area contributed by atoms with E-state index in [9.17, 15) is 22.8 Å². The van der Waals surface area contributed by atoms with Gasteiger partial charge in [-0.15, -0.1) is 0 Å². The lowest BCUT2D eigenvalue weighted by molar-refractivity contribution is -0.203. The van der Waals surface area contributed by atoms with Crippen molar-refractivity contribution in [2.75, 3.05) is 0 Å². The van der Waals surface area contributed by atoms with E-state index in [4.69, 9.17) is 5.11 Å². The molecular formula is C8H7F3N2O4. The van der Waals surface area contributed by atoms with Crippen LogP contribution in [0, 0.1) is 0 Å². The Balaban J connectivity index is 2.97. The van der Waals surface area contributed by atoms with Crippen LogP contribution in [0.3, 0.4) is 0 Å². The Morgan fingerprint density at radius 2 is 2.06 bits per heavy atom. The number of hydrogen-bond acceptors (Lipinski definition) is 4. The maximum Gasteiger partial charge on any atom is 0.422 e. The Morgan fingerprint density at radius 3 is 2.41 bits per heavy atom. The number of carboxylic acids is 1. The number of halogens is 3. The number of aromatic nitrogens is 1. The standard InChI is InChI=1S/C8H7F3N2O4/c1-7(6(15)16,8(9,10)11)12-5(14)4-2-3-17-13-4/h2-3H,1H3,(H,12,14)(H,15,16). The summed E-state index contributed by atoms with van der Waals surface area (Å²) in [6.07, 6.45) is -4.17. The van der Waals surface area contributed by atoms with Crippen LogP contribution in [0.4, 0.5) is 13.2 Å². The molecule has 1 aromatic heterocycles.